The number of likely N-dealkylation sites (N-methyl/N-ethyl adjacent to an activating group) is 1. The van der Waals surface area contributed by atoms with Crippen molar-refractivity contribution in [2.75, 3.05) is 40.3 Å². The van der Waals surface area contributed by atoms with E-state index in [1.165, 1.54) is 17.0 Å². The molecule has 0 saturated carbocycles. The molecule has 33 heavy (non-hydrogen) atoms. The molecule has 0 bridgehead atoms. The van der Waals surface area contributed by atoms with Gasteiger partial charge < -0.3 is 20.0 Å². The van der Waals surface area contributed by atoms with Crippen molar-refractivity contribution in [3.05, 3.63) is 59.6 Å². The highest BCUT2D eigenvalue weighted by atomic mass is 127. The number of amides is 1. The van der Waals surface area contributed by atoms with E-state index < -0.39 is 11.6 Å². The predicted molar refractivity (Wildman–Crippen MR) is 135 cm³/mol. The van der Waals surface area contributed by atoms with Crippen LogP contribution in [0.5, 0.6) is 0 Å². The van der Waals surface area contributed by atoms with E-state index in [0.717, 1.165) is 37.3 Å². The quantitative estimate of drug-likeness (QED) is 0.288. The first-order valence-corrected chi connectivity index (χ1v) is 10.8. The second-order valence-electron chi connectivity index (χ2n) is 8.15. The first-order chi connectivity index (χ1) is 15.4. The Kier molecular flexibility index (Phi) is 11.0. The maximum absolute atomic E-state index is 13.5. The number of carbonyl (C=O) groups excluding carboxylic acids is 1. The molecule has 182 valence electrons. The normalized spacial score (nSPS) is 15.1. The van der Waals surface area contributed by atoms with Crippen LogP contribution in [0.4, 0.5) is 8.78 Å². The highest BCUT2D eigenvalue weighted by molar-refractivity contribution is 14.0. The van der Waals surface area contributed by atoms with Crippen LogP contribution in [0.3, 0.4) is 0 Å². The van der Waals surface area contributed by atoms with Crippen molar-refractivity contribution < 1.29 is 18.0 Å². The van der Waals surface area contributed by atoms with Crippen molar-refractivity contribution in [2.45, 2.75) is 31.8 Å². The zero-order valence-electron chi connectivity index (χ0n) is 19.0. The third-order valence-electron chi connectivity index (χ3n) is 5.43. The molecule has 1 fully saturated rings. The van der Waals surface area contributed by atoms with Gasteiger partial charge in [-0.1, -0.05) is 6.07 Å². The van der Waals surface area contributed by atoms with E-state index in [4.69, 9.17) is 4.42 Å². The molecule has 0 aliphatic carbocycles. The van der Waals surface area contributed by atoms with E-state index in [-0.39, 0.29) is 42.5 Å². The molecule has 2 N–H and O–H groups in total. The van der Waals surface area contributed by atoms with Gasteiger partial charge in [-0.3, -0.25) is 9.69 Å². The topological polar surface area (TPSA) is 73.1 Å². The van der Waals surface area contributed by atoms with Crippen molar-refractivity contribution in [3.63, 3.8) is 0 Å². The molecular weight excluding hydrogens is 543 g/mol. The monoisotopic (exact) mass is 575 g/mol. The van der Waals surface area contributed by atoms with Gasteiger partial charge in [0.25, 0.3) is 0 Å². The third-order valence-corrected chi connectivity index (χ3v) is 5.43. The van der Waals surface area contributed by atoms with Gasteiger partial charge in [0.15, 0.2) is 17.6 Å². The van der Waals surface area contributed by atoms with Crippen molar-refractivity contribution in [2.24, 2.45) is 4.99 Å². The van der Waals surface area contributed by atoms with E-state index in [1.54, 1.807) is 26.4 Å². The van der Waals surface area contributed by atoms with Crippen LogP contribution < -0.4 is 10.6 Å². The van der Waals surface area contributed by atoms with Gasteiger partial charge in [-0.05, 0) is 42.7 Å². The molecule has 1 saturated heterocycles. The average molecular weight is 575 g/mol. The number of guanidine groups is 1. The Hall–Kier alpha value is -2.21. The summed E-state index contributed by atoms with van der Waals surface area (Å²) in [6.07, 6.45) is 4.11. The van der Waals surface area contributed by atoms with Crippen LogP contribution in [0.25, 0.3) is 0 Å². The van der Waals surface area contributed by atoms with Gasteiger partial charge >= 0.3 is 0 Å². The molecule has 1 aromatic carbocycles. The van der Waals surface area contributed by atoms with Crippen molar-refractivity contribution in [1.82, 2.24) is 20.4 Å². The van der Waals surface area contributed by atoms with Crippen LogP contribution in [0.15, 0.2) is 46.0 Å². The fourth-order valence-corrected chi connectivity index (χ4v) is 3.52. The fourth-order valence-electron chi connectivity index (χ4n) is 3.52. The number of furan rings is 1. The van der Waals surface area contributed by atoms with Gasteiger partial charge in [0, 0.05) is 52.7 Å². The Bertz CT molecular complexity index is 900. The Balaban J connectivity index is 0.00000385. The highest BCUT2D eigenvalue weighted by Gasteiger charge is 2.20. The van der Waals surface area contributed by atoms with Crippen molar-refractivity contribution in [1.29, 1.82) is 0 Å². The van der Waals surface area contributed by atoms with E-state index in [0.29, 0.717) is 25.5 Å². The first-order valence-electron chi connectivity index (χ1n) is 10.8. The van der Waals surface area contributed by atoms with Gasteiger partial charge in [-0.15, -0.1) is 24.0 Å². The zero-order chi connectivity index (χ0) is 22.9. The molecule has 0 unspecified atom stereocenters. The Labute approximate surface area is 210 Å². The largest absolute Gasteiger partial charge is 0.469 e. The minimum Gasteiger partial charge on any atom is -0.469 e. The molecule has 1 aliphatic rings. The number of nitrogens with zero attached hydrogens (tertiary/aromatic N) is 3. The minimum atomic E-state index is -0.823. The predicted octanol–water partition coefficient (Wildman–Crippen LogP) is 3.01. The molecule has 2 aromatic rings. The molecule has 10 heteroatoms. The fraction of sp³-hybridized carbons (Fsp3) is 0.478. The lowest BCUT2D eigenvalue weighted by molar-refractivity contribution is -0.127. The number of piperidine rings is 1. The van der Waals surface area contributed by atoms with Gasteiger partial charge in [-0.25, -0.2) is 13.8 Å². The Morgan fingerprint density at radius 3 is 2.61 bits per heavy atom. The molecule has 0 spiro atoms. The van der Waals surface area contributed by atoms with Crippen molar-refractivity contribution in [3.8, 4) is 0 Å². The van der Waals surface area contributed by atoms with Crippen LogP contribution in [-0.2, 0) is 17.8 Å². The smallest absolute Gasteiger partial charge is 0.243 e. The number of rotatable bonds is 8. The van der Waals surface area contributed by atoms with Gasteiger partial charge in [-0.2, -0.15) is 0 Å². The van der Waals surface area contributed by atoms with E-state index >= 15 is 0 Å². The molecule has 3 rings (SSSR count). The molecule has 0 radical (unpaired) electrons. The Morgan fingerprint density at radius 2 is 1.97 bits per heavy atom. The van der Waals surface area contributed by atoms with Crippen LogP contribution in [-0.4, -0.2) is 68.0 Å². The Morgan fingerprint density at radius 1 is 1.21 bits per heavy atom. The molecule has 1 aromatic heterocycles. The molecule has 7 nitrogen and oxygen atoms in total. The summed E-state index contributed by atoms with van der Waals surface area (Å²) >= 11 is 0. The van der Waals surface area contributed by atoms with Crippen molar-refractivity contribution >= 4 is 35.8 Å². The summed E-state index contributed by atoms with van der Waals surface area (Å²) in [6, 6.07) is 8.04. The summed E-state index contributed by atoms with van der Waals surface area (Å²) in [5.41, 5.74) is 0.763. The number of benzene rings is 1. The SMILES string of the molecule is CN(C)C(=O)CN=C(NCCc1ccco1)NC1CCN(Cc2ccc(F)c(F)c2)CC1.I. The van der Waals surface area contributed by atoms with Gasteiger partial charge in [0.05, 0.1) is 6.26 Å². The maximum atomic E-state index is 13.5. The standard InChI is InChI=1S/C23H31F2N5O2.HI/c1-29(2)22(31)15-27-23(26-10-7-19-4-3-13-32-19)28-18-8-11-30(12-9-18)16-17-5-6-20(24)21(25)14-17;/h3-6,13-14,18H,7-12,15-16H2,1-2H3,(H2,26,27,28);1H. The molecule has 1 aliphatic heterocycles. The molecular formula is C23H32F2IN5O2. The molecule has 1 amide bonds. The zero-order valence-corrected chi connectivity index (χ0v) is 21.4. The third kappa shape index (κ3) is 8.92. The number of hydrogen-bond donors (Lipinski definition) is 2. The highest BCUT2D eigenvalue weighted by Crippen LogP contribution is 2.16. The van der Waals surface area contributed by atoms with Crippen LogP contribution in [0.2, 0.25) is 0 Å². The van der Waals surface area contributed by atoms with Crippen LogP contribution >= 0.6 is 24.0 Å². The van der Waals surface area contributed by atoms with E-state index in [1.807, 2.05) is 12.1 Å². The second kappa shape index (κ2) is 13.5. The molecule has 0 atom stereocenters. The number of likely N-dealkylation sites (tertiary alicyclic amines) is 1. The average Bonchev–Trinajstić information content (AvgIpc) is 3.29. The number of carbonyl (C=O) groups is 1. The number of aliphatic imine (C=N–C) groups is 1. The summed E-state index contributed by atoms with van der Waals surface area (Å²) in [4.78, 5) is 20.1. The second-order valence-corrected chi connectivity index (χ2v) is 8.15. The summed E-state index contributed by atoms with van der Waals surface area (Å²) in [6.45, 7) is 2.94. The maximum Gasteiger partial charge on any atom is 0.243 e. The minimum absolute atomic E-state index is 0. The van der Waals surface area contributed by atoms with E-state index in [9.17, 15) is 13.6 Å². The summed E-state index contributed by atoms with van der Waals surface area (Å²) in [5.74, 6) is -0.223. The number of halogens is 3. The first kappa shape index (κ1) is 27.0. The summed E-state index contributed by atoms with van der Waals surface area (Å²) in [7, 11) is 3.41. The van der Waals surface area contributed by atoms with Gasteiger partial charge in [0.2, 0.25) is 5.91 Å². The summed E-state index contributed by atoms with van der Waals surface area (Å²) in [5, 5.41) is 6.71. The van der Waals surface area contributed by atoms with Gasteiger partial charge in [0.1, 0.15) is 12.3 Å². The van der Waals surface area contributed by atoms with E-state index in [2.05, 4.69) is 20.5 Å². The van der Waals surface area contributed by atoms with Crippen LogP contribution in [0, 0.1) is 11.6 Å². The van der Waals surface area contributed by atoms with Crippen LogP contribution in [0.1, 0.15) is 24.2 Å². The number of nitrogens with one attached hydrogen (secondary N) is 2. The summed E-state index contributed by atoms with van der Waals surface area (Å²) < 4.78 is 31.9. The number of hydrogen-bond acceptors (Lipinski definition) is 4. The molecule has 2 heterocycles. The lowest BCUT2D eigenvalue weighted by Crippen LogP contribution is -2.49. The lowest BCUT2D eigenvalue weighted by Gasteiger charge is -2.33. The lowest BCUT2D eigenvalue weighted by atomic mass is 10.0.